The summed E-state index contributed by atoms with van der Waals surface area (Å²) in [7, 11) is -9.90. The van der Waals surface area contributed by atoms with E-state index in [1.807, 2.05) is 0 Å². The molecule has 4 N–H and O–H groups in total. The molecule has 0 aromatic heterocycles. The maximum Gasteiger partial charge on any atom is 1.00 e. The molecule has 134 valence electrons. The quantitative estimate of drug-likeness (QED) is 0.189. The number of hydrogen-bond donors (Lipinski definition) is 2. The van der Waals surface area contributed by atoms with Gasteiger partial charge in [-0.2, -0.15) is 0 Å². The van der Waals surface area contributed by atoms with Crippen LogP contribution in [0.15, 0.2) is 46.2 Å². The van der Waals surface area contributed by atoms with Gasteiger partial charge in [0.1, 0.15) is 20.2 Å². The predicted molar refractivity (Wildman–Crippen MR) is 85.7 cm³/mol. The first-order valence-electron chi connectivity index (χ1n) is 6.62. The number of Topliss-reactive ketones (excluding diaryl/α,β-unsaturated/α-hetero) is 1. The molecule has 0 aliphatic carbocycles. The zero-order valence-corrected chi connectivity index (χ0v) is 22.4. The molecule has 0 atom stereocenters. The van der Waals surface area contributed by atoms with Gasteiger partial charge in [-0.15, -0.1) is 0 Å². The van der Waals surface area contributed by atoms with Crippen LogP contribution in [0.4, 0.5) is 11.4 Å². The number of hydrogen-bond acceptors (Lipinski definition) is 9. The average molecular weight is 463 g/mol. The Morgan fingerprint density at radius 3 is 1.74 bits per heavy atom. The Morgan fingerprint density at radius 1 is 0.815 bits per heavy atom. The number of benzene rings is 2. The first-order chi connectivity index (χ1) is 11.4. The summed E-state index contributed by atoms with van der Waals surface area (Å²) in [6.45, 7) is 0. The Morgan fingerprint density at radius 2 is 1.26 bits per heavy atom. The van der Waals surface area contributed by atoms with Gasteiger partial charge in [-0.25, -0.2) is 16.8 Å². The van der Waals surface area contributed by atoms with E-state index < -0.39 is 47.8 Å². The Labute approximate surface area is 241 Å². The third-order valence-corrected chi connectivity index (χ3v) is 5.08. The van der Waals surface area contributed by atoms with E-state index in [9.17, 15) is 30.7 Å². The van der Waals surface area contributed by atoms with Gasteiger partial charge in [0, 0.05) is 23.4 Å². The standard InChI is InChI=1S/C14H14N2O7S2.2K/c15-9-2-1-8(13(6-9)24(18,19)20)5-12(17)11-4-3-10(16)7-14(11)25(21,22)23;;/h1-4,6-7H,5,15-16H2,(H,18,19,20)(H,21,22,23);;/q;2*+1/p-2. The Kier molecular flexibility index (Phi) is 11.0. The van der Waals surface area contributed by atoms with Gasteiger partial charge in [0.25, 0.3) is 0 Å². The van der Waals surface area contributed by atoms with Crippen LogP contribution in [-0.4, -0.2) is 31.7 Å². The van der Waals surface area contributed by atoms with Crippen molar-refractivity contribution in [1.82, 2.24) is 0 Å². The molecule has 2 aromatic carbocycles. The summed E-state index contributed by atoms with van der Waals surface area (Å²) in [4.78, 5) is 10.9. The van der Waals surface area contributed by atoms with Crippen LogP contribution in [0.1, 0.15) is 15.9 Å². The number of carbonyl (C=O) groups excluding carboxylic acids is 1. The smallest absolute Gasteiger partial charge is 0.744 e. The normalized spacial score (nSPS) is 11.2. The Hall–Kier alpha value is 0.803. The van der Waals surface area contributed by atoms with Crippen LogP contribution >= 0.6 is 0 Å². The molecule has 0 spiro atoms. The van der Waals surface area contributed by atoms with E-state index in [1.165, 1.54) is 18.2 Å². The maximum absolute atomic E-state index is 12.4. The number of nitrogens with two attached hydrogens (primary N) is 2. The molecule has 0 fully saturated rings. The number of carbonyl (C=O) groups is 1. The van der Waals surface area contributed by atoms with Crippen molar-refractivity contribution < 1.29 is 134 Å². The van der Waals surface area contributed by atoms with E-state index in [2.05, 4.69) is 0 Å². The molecule has 2 aromatic rings. The second-order valence-corrected chi connectivity index (χ2v) is 7.83. The summed E-state index contributed by atoms with van der Waals surface area (Å²) in [5.74, 6) is -0.871. The van der Waals surface area contributed by atoms with E-state index in [1.54, 1.807) is 0 Å². The van der Waals surface area contributed by atoms with E-state index >= 15 is 0 Å². The van der Waals surface area contributed by atoms with Gasteiger partial charge in [-0.05, 0) is 35.9 Å². The van der Waals surface area contributed by atoms with E-state index in [-0.39, 0.29) is 120 Å². The summed E-state index contributed by atoms with van der Waals surface area (Å²) < 4.78 is 67.9. The van der Waals surface area contributed by atoms with Gasteiger partial charge in [0.15, 0.2) is 5.78 Å². The van der Waals surface area contributed by atoms with Gasteiger partial charge >= 0.3 is 103 Å². The monoisotopic (exact) mass is 462 g/mol. The summed E-state index contributed by atoms with van der Waals surface area (Å²) in [6, 6.07) is 6.45. The molecule has 0 bridgehead atoms. The molecule has 0 aliphatic rings. The molecule has 0 aliphatic heterocycles. The van der Waals surface area contributed by atoms with E-state index in [4.69, 9.17) is 11.5 Å². The molecule has 0 radical (unpaired) electrons. The Balaban J connectivity index is 0.00000338. The molecule has 0 heterocycles. The second kappa shape index (κ2) is 10.7. The van der Waals surface area contributed by atoms with E-state index in [0.717, 1.165) is 18.2 Å². The predicted octanol–water partition coefficient (Wildman–Crippen LogP) is -5.91. The van der Waals surface area contributed by atoms with Gasteiger partial charge < -0.3 is 20.6 Å². The molecule has 0 saturated carbocycles. The minimum Gasteiger partial charge on any atom is -0.744 e. The zero-order chi connectivity index (χ0) is 19.0. The minimum absolute atomic E-state index is 0. The molecule has 0 amide bonds. The van der Waals surface area contributed by atoms with Gasteiger partial charge in [0.2, 0.25) is 0 Å². The van der Waals surface area contributed by atoms with Crippen molar-refractivity contribution in [2.75, 3.05) is 11.5 Å². The Bertz CT molecular complexity index is 1070. The van der Waals surface area contributed by atoms with Gasteiger partial charge in [-0.3, -0.25) is 4.79 Å². The van der Waals surface area contributed by atoms with Crippen LogP contribution in [0.25, 0.3) is 0 Å². The fourth-order valence-corrected chi connectivity index (χ4v) is 3.67. The topological polar surface area (TPSA) is 184 Å². The van der Waals surface area contributed by atoms with Crippen LogP contribution in [0.5, 0.6) is 0 Å². The summed E-state index contributed by atoms with van der Waals surface area (Å²) in [5.41, 5.74) is 10.2. The zero-order valence-electron chi connectivity index (χ0n) is 14.5. The van der Waals surface area contributed by atoms with Crippen LogP contribution in [0.2, 0.25) is 0 Å². The first kappa shape index (κ1) is 27.8. The molecular formula is C14H12K2N2O7S2. The minimum atomic E-state index is -4.99. The van der Waals surface area contributed by atoms with Crippen molar-refractivity contribution in [3.8, 4) is 0 Å². The van der Waals surface area contributed by atoms with Crippen LogP contribution in [0, 0.1) is 0 Å². The van der Waals surface area contributed by atoms with Crippen molar-refractivity contribution >= 4 is 37.4 Å². The second-order valence-electron chi connectivity index (χ2n) is 5.13. The van der Waals surface area contributed by atoms with Crippen molar-refractivity contribution in [3.05, 3.63) is 47.5 Å². The number of anilines is 2. The maximum atomic E-state index is 12.4. The van der Waals surface area contributed by atoms with E-state index in [0.29, 0.717) is 0 Å². The molecule has 0 saturated heterocycles. The van der Waals surface area contributed by atoms with Crippen molar-refractivity contribution in [2.24, 2.45) is 0 Å². The number of nitrogen functional groups attached to an aromatic ring is 2. The van der Waals surface area contributed by atoms with Crippen molar-refractivity contribution in [1.29, 1.82) is 0 Å². The van der Waals surface area contributed by atoms with Crippen molar-refractivity contribution in [2.45, 2.75) is 16.2 Å². The van der Waals surface area contributed by atoms with Crippen molar-refractivity contribution in [3.63, 3.8) is 0 Å². The SMILES string of the molecule is Nc1ccc(CC(=O)c2ccc(N)cc2S(=O)(=O)[O-])c(S(=O)(=O)[O-])c1.[K+].[K+]. The van der Waals surface area contributed by atoms with Crippen LogP contribution in [0.3, 0.4) is 0 Å². The molecular weight excluding hydrogens is 450 g/mol. The van der Waals surface area contributed by atoms with Crippen LogP contribution < -0.4 is 114 Å². The van der Waals surface area contributed by atoms with Gasteiger partial charge in [0.05, 0.1) is 9.79 Å². The van der Waals surface area contributed by atoms with Gasteiger partial charge in [-0.1, -0.05) is 6.07 Å². The molecule has 0 unspecified atom stereocenters. The third-order valence-electron chi connectivity index (χ3n) is 3.29. The average Bonchev–Trinajstić information content (AvgIpc) is 2.47. The first-order valence-corrected chi connectivity index (χ1v) is 9.44. The fraction of sp³-hybridized carbons (Fsp3) is 0.0714. The summed E-state index contributed by atoms with van der Waals surface area (Å²) in [6.07, 6.45) is -0.622. The molecule has 13 heteroatoms. The third kappa shape index (κ3) is 7.53. The van der Waals surface area contributed by atoms with Crippen LogP contribution in [-0.2, 0) is 26.7 Å². The fourth-order valence-electron chi connectivity index (χ4n) is 2.19. The summed E-state index contributed by atoms with van der Waals surface area (Å²) >= 11 is 0. The number of rotatable bonds is 5. The molecule has 27 heavy (non-hydrogen) atoms. The molecule has 9 nitrogen and oxygen atoms in total. The molecule has 2 rings (SSSR count). The summed E-state index contributed by atoms with van der Waals surface area (Å²) in [5, 5.41) is 0. The largest absolute Gasteiger partial charge is 1.00 e. The number of ketones is 1.